The Kier molecular flexibility index (Phi) is 2.86. The number of β-amino-alcohol motifs (C(OH)–C–C–N with tert-alkyl or cyclic N) is 1. The highest BCUT2D eigenvalue weighted by Crippen LogP contribution is 2.49. The summed E-state index contributed by atoms with van der Waals surface area (Å²) >= 11 is 0. The van der Waals surface area contributed by atoms with Gasteiger partial charge >= 0.3 is 0 Å². The zero-order chi connectivity index (χ0) is 12.7. The SMILES string of the molecule is Cc1ccccc1C1CC1C(=O)N1CC[C@H](O)C1. The van der Waals surface area contributed by atoms with Crippen LogP contribution in [0, 0.1) is 12.8 Å². The van der Waals surface area contributed by atoms with Crippen LogP contribution in [0.2, 0.25) is 0 Å². The van der Waals surface area contributed by atoms with Gasteiger partial charge in [0.15, 0.2) is 0 Å². The minimum Gasteiger partial charge on any atom is -0.391 e. The van der Waals surface area contributed by atoms with Crippen molar-refractivity contribution < 1.29 is 9.90 Å². The largest absolute Gasteiger partial charge is 0.391 e. The molecule has 0 spiro atoms. The molecule has 1 heterocycles. The van der Waals surface area contributed by atoms with E-state index in [9.17, 15) is 9.90 Å². The number of hydrogen-bond acceptors (Lipinski definition) is 2. The smallest absolute Gasteiger partial charge is 0.226 e. The molecule has 2 aliphatic rings. The van der Waals surface area contributed by atoms with Crippen LogP contribution in [-0.2, 0) is 4.79 Å². The number of rotatable bonds is 2. The predicted molar refractivity (Wildman–Crippen MR) is 69.2 cm³/mol. The molecule has 1 aromatic rings. The molecule has 18 heavy (non-hydrogen) atoms. The predicted octanol–water partition coefficient (Wildman–Crippen LogP) is 1.69. The molecule has 3 rings (SSSR count). The molecule has 1 aliphatic carbocycles. The summed E-state index contributed by atoms with van der Waals surface area (Å²) in [6, 6.07) is 8.32. The number of aliphatic hydroxyl groups excluding tert-OH is 1. The fourth-order valence-corrected chi connectivity index (χ4v) is 2.99. The van der Waals surface area contributed by atoms with E-state index in [-0.39, 0.29) is 17.9 Å². The molecule has 3 nitrogen and oxygen atoms in total. The first kappa shape index (κ1) is 11.7. The molecule has 1 N–H and O–H groups in total. The van der Waals surface area contributed by atoms with Gasteiger partial charge in [0.2, 0.25) is 5.91 Å². The van der Waals surface area contributed by atoms with Crippen molar-refractivity contribution in [3.05, 3.63) is 35.4 Å². The molecule has 1 aromatic carbocycles. The van der Waals surface area contributed by atoms with E-state index < -0.39 is 0 Å². The van der Waals surface area contributed by atoms with Crippen molar-refractivity contribution in [1.29, 1.82) is 0 Å². The molecule has 1 saturated carbocycles. The lowest BCUT2D eigenvalue weighted by Gasteiger charge is -2.15. The van der Waals surface area contributed by atoms with E-state index in [0.717, 1.165) is 19.4 Å². The molecular weight excluding hydrogens is 226 g/mol. The molecule has 0 bridgehead atoms. The van der Waals surface area contributed by atoms with Gasteiger partial charge in [-0.05, 0) is 36.8 Å². The number of hydrogen-bond donors (Lipinski definition) is 1. The molecule has 3 heteroatoms. The second kappa shape index (κ2) is 4.39. The molecule has 0 radical (unpaired) electrons. The number of aliphatic hydroxyl groups is 1. The molecule has 1 amide bonds. The summed E-state index contributed by atoms with van der Waals surface area (Å²) in [7, 11) is 0. The lowest BCUT2D eigenvalue weighted by Crippen LogP contribution is -2.31. The summed E-state index contributed by atoms with van der Waals surface area (Å²) in [6.07, 6.45) is 1.38. The molecule has 1 aliphatic heterocycles. The third-order valence-electron chi connectivity index (χ3n) is 4.17. The number of nitrogens with zero attached hydrogens (tertiary/aromatic N) is 1. The van der Waals surface area contributed by atoms with Gasteiger partial charge in [0.1, 0.15) is 0 Å². The third-order valence-corrected chi connectivity index (χ3v) is 4.17. The monoisotopic (exact) mass is 245 g/mol. The standard InChI is InChI=1S/C15H19NO2/c1-10-4-2-3-5-12(10)13-8-14(13)15(18)16-7-6-11(17)9-16/h2-5,11,13-14,17H,6-9H2,1H3/t11-,13?,14?/m0/s1. The minimum atomic E-state index is -0.315. The van der Waals surface area contributed by atoms with Gasteiger partial charge in [0.25, 0.3) is 0 Å². The Morgan fingerprint density at radius 3 is 2.83 bits per heavy atom. The second-order valence-corrected chi connectivity index (χ2v) is 5.53. The number of carbonyl (C=O) groups is 1. The Labute approximate surface area is 107 Å². The number of likely N-dealkylation sites (tertiary alicyclic amines) is 1. The minimum absolute atomic E-state index is 0.149. The summed E-state index contributed by atoms with van der Waals surface area (Å²) in [5.41, 5.74) is 2.59. The van der Waals surface area contributed by atoms with Crippen LogP contribution in [0.15, 0.2) is 24.3 Å². The first-order valence-electron chi connectivity index (χ1n) is 6.69. The van der Waals surface area contributed by atoms with Gasteiger partial charge in [0.05, 0.1) is 6.10 Å². The Bertz CT molecular complexity index is 471. The fourth-order valence-electron chi connectivity index (χ4n) is 2.99. The van der Waals surface area contributed by atoms with Crippen LogP contribution in [0.25, 0.3) is 0 Å². The highest BCUT2D eigenvalue weighted by atomic mass is 16.3. The number of benzene rings is 1. The first-order valence-corrected chi connectivity index (χ1v) is 6.69. The summed E-state index contributed by atoms with van der Waals surface area (Å²) in [5.74, 6) is 0.785. The fraction of sp³-hybridized carbons (Fsp3) is 0.533. The molecule has 2 fully saturated rings. The van der Waals surface area contributed by atoms with Gasteiger partial charge in [-0.1, -0.05) is 24.3 Å². The molecule has 3 atom stereocenters. The van der Waals surface area contributed by atoms with Gasteiger partial charge in [-0.2, -0.15) is 0 Å². The maximum absolute atomic E-state index is 12.3. The van der Waals surface area contributed by atoms with Crippen LogP contribution in [-0.4, -0.2) is 35.1 Å². The van der Waals surface area contributed by atoms with Crippen molar-refractivity contribution in [2.75, 3.05) is 13.1 Å². The summed E-state index contributed by atoms with van der Waals surface area (Å²) < 4.78 is 0. The lowest BCUT2D eigenvalue weighted by atomic mass is 10.0. The van der Waals surface area contributed by atoms with Crippen LogP contribution in [0.4, 0.5) is 0 Å². The van der Waals surface area contributed by atoms with Gasteiger partial charge in [-0.3, -0.25) is 4.79 Å². The van der Waals surface area contributed by atoms with E-state index >= 15 is 0 Å². The molecular formula is C15H19NO2. The Morgan fingerprint density at radius 1 is 1.39 bits per heavy atom. The zero-order valence-electron chi connectivity index (χ0n) is 10.7. The maximum atomic E-state index is 12.3. The van der Waals surface area contributed by atoms with Crippen molar-refractivity contribution >= 4 is 5.91 Å². The summed E-state index contributed by atoms with van der Waals surface area (Å²) in [6.45, 7) is 3.35. The zero-order valence-corrected chi connectivity index (χ0v) is 10.7. The van der Waals surface area contributed by atoms with E-state index in [4.69, 9.17) is 0 Å². The summed E-state index contributed by atoms with van der Waals surface area (Å²) in [5, 5.41) is 9.48. The average molecular weight is 245 g/mol. The molecule has 2 unspecified atom stereocenters. The van der Waals surface area contributed by atoms with Crippen molar-refractivity contribution in [2.45, 2.75) is 31.8 Å². The second-order valence-electron chi connectivity index (χ2n) is 5.53. The topological polar surface area (TPSA) is 40.5 Å². The average Bonchev–Trinajstić information content (AvgIpc) is 3.03. The normalized spacial score (nSPS) is 30.6. The highest BCUT2D eigenvalue weighted by Gasteiger charge is 2.47. The Balaban J connectivity index is 1.67. The van der Waals surface area contributed by atoms with Gasteiger partial charge < -0.3 is 10.0 Å². The molecule has 1 saturated heterocycles. The first-order chi connectivity index (χ1) is 8.66. The summed E-state index contributed by atoms with van der Waals surface area (Å²) in [4.78, 5) is 14.1. The van der Waals surface area contributed by atoms with Crippen molar-refractivity contribution in [2.24, 2.45) is 5.92 Å². The van der Waals surface area contributed by atoms with Crippen LogP contribution in [0.5, 0.6) is 0 Å². The van der Waals surface area contributed by atoms with E-state index in [0.29, 0.717) is 12.5 Å². The van der Waals surface area contributed by atoms with Gasteiger partial charge in [-0.15, -0.1) is 0 Å². The Morgan fingerprint density at radius 2 is 2.17 bits per heavy atom. The quantitative estimate of drug-likeness (QED) is 0.861. The number of amides is 1. The number of aryl methyl sites for hydroxylation is 1. The van der Waals surface area contributed by atoms with Crippen molar-refractivity contribution in [1.82, 2.24) is 4.90 Å². The lowest BCUT2D eigenvalue weighted by molar-refractivity contribution is -0.131. The van der Waals surface area contributed by atoms with Crippen LogP contribution >= 0.6 is 0 Å². The van der Waals surface area contributed by atoms with Gasteiger partial charge in [-0.25, -0.2) is 0 Å². The van der Waals surface area contributed by atoms with E-state index in [1.807, 2.05) is 17.0 Å². The van der Waals surface area contributed by atoms with Gasteiger partial charge in [0, 0.05) is 19.0 Å². The van der Waals surface area contributed by atoms with E-state index in [1.165, 1.54) is 11.1 Å². The van der Waals surface area contributed by atoms with E-state index in [1.54, 1.807) is 0 Å². The maximum Gasteiger partial charge on any atom is 0.226 e. The van der Waals surface area contributed by atoms with Crippen molar-refractivity contribution in [3.63, 3.8) is 0 Å². The van der Waals surface area contributed by atoms with E-state index in [2.05, 4.69) is 19.1 Å². The Hall–Kier alpha value is -1.35. The number of carbonyl (C=O) groups excluding carboxylic acids is 1. The molecule has 0 aromatic heterocycles. The van der Waals surface area contributed by atoms with Crippen molar-refractivity contribution in [3.8, 4) is 0 Å². The van der Waals surface area contributed by atoms with Crippen LogP contribution in [0.1, 0.15) is 29.9 Å². The van der Waals surface area contributed by atoms with Crippen LogP contribution < -0.4 is 0 Å². The van der Waals surface area contributed by atoms with Crippen LogP contribution in [0.3, 0.4) is 0 Å². The molecule has 96 valence electrons. The third kappa shape index (κ3) is 2.03. The highest BCUT2D eigenvalue weighted by molar-refractivity contribution is 5.83.